The molecule has 0 aromatic carbocycles. The number of aromatic nitrogens is 2. The van der Waals surface area contributed by atoms with E-state index < -0.39 is 19.6 Å². The van der Waals surface area contributed by atoms with Gasteiger partial charge in [-0.1, -0.05) is 13.8 Å². The molecule has 0 amide bonds. The lowest BCUT2D eigenvalue weighted by Crippen LogP contribution is -2.27. The zero-order chi connectivity index (χ0) is 11.6. The minimum atomic E-state index is -4.06. The summed E-state index contributed by atoms with van der Waals surface area (Å²) in [6.07, 6.45) is 2.69. The average molecular weight is 251 g/mol. The number of rotatable bonds is 3. The van der Waals surface area contributed by atoms with Gasteiger partial charge >= 0.3 is 0 Å². The van der Waals surface area contributed by atoms with Gasteiger partial charge in [0.1, 0.15) is 0 Å². The van der Waals surface area contributed by atoms with E-state index in [0.717, 1.165) is 0 Å². The predicted octanol–water partition coefficient (Wildman–Crippen LogP) is 0.827. The van der Waals surface area contributed by atoms with Gasteiger partial charge in [0.05, 0.1) is 0 Å². The van der Waals surface area contributed by atoms with Gasteiger partial charge in [-0.2, -0.15) is 0 Å². The van der Waals surface area contributed by atoms with Crippen molar-refractivity contribution >= 4 is 19.7 Å². The molecular weight excluding hydrogens is 240 g/mol. The summed E-state index contributed by atoms with van der Waals surface area (Å²) in [6, 6.07) is 0. The van der Waals surface area contributed by atoms with E-state index in [1.54, 1.807) is 0 Å². The molecule has 0 radical (unpaired) electrons. The van der Waals surface area contributed by atoms with Crippen LogP contribution in [0.3, 0.4) is 0 Å². The fourth-order valence-electron chi connectivity index (χ4n) is 1.13. The Labute approximate surface area is 92.1 Å². The molecule has 0 spiro atoms. The summed E-state index contributed by atoms with van der Waals surface area (Å²) in [6.45, 7) is 4.27. The third kappa shape index (κ3) is 3.04. The second kappa shape index (κ2) is 4.32. The highest BCUT2D eigenvalue weighted by Crippen LogP contribution is 2.06. The third-order valence-corrected chi connectivity index (χ3v) is 2.86. The first kappa shape index (κ1) is 12.2. The van der Waals surface area contributed by atoms with Gasteiger partial charge in [0.15, 0.2) is 0 Å². The Hall–Kier alpha value is -0.880. The van der Waals surface area contributed by atoms with E-state index in [1.807, 2.05) is 13.8 Å². The summed E-state index contributed by atoms with van der Waals surface area (Å²) in [4.78, 5) is 15.1. The molecule has 0 aliphatic heterocycles. The zero-order valence-electron chi connectivity index (χ0n) is 8.34. The standard InChI is InChI=1S/C8H11ClN2O3S/c1-6(2)5-11-4-3-10-7(8(11)12)15(9,13)14/h3-4,6H,5H2,1-2H3. The highest BCUT2D eigenvalue weighted by molar-refractivity contribution is 8.13. The van der Waals surface area contributed by atoms with Gasteiger partial charge in [-0.25, -0.2) is 13.4 Å². The Bertz CT molecular complexity index is 507. The van der Waals surface area contributed by atoms with Crippen molar-refractivity contribution in [2.45, 2.75) is 25.4 Å². The van der Waals surface area contributed by atoms with Crippen molar-refractivity contribution < 1.29 is 8.42 Å². The molecule has 84 valence electrons. The Kier molecular flexibility index (Phi) is 3.51. The smallest absolute Gasteiger partial charge is 0.289 e. The molecule has 1 heterocycles. The highest BCUT2D eigenvalue weighted by atomic mass is 35.7. The zero-order valence-corrected chi connectivity index (χ0v) is 9.92. The SMILES string of the molecule is CC(C)Cn1ccnc(S(=O)(=O)Cl)c1=O. The third-order valence-electron chi connectivity index (χ3n) is 1.68. The first-order valence-corrected chi connectivity index (χ1v) is 6.63. The maximum atomic E-state index is 11.6. The molecule has 0 aliphatic rings. The van der Waals surface area contributed by atoms with Crippen LogP contribution in [0.15, 0.2) is 22.2 Å². The molecule has 1 aromatic rings. The van der Waals surface area contributed by atoms with E-state index in [1.165, 1.54) is 17.0 Å². The van der Waals surface area contributed by atoms with Crippen LogP contribution in [0.25, 0.3) is 0 Å². The monoisotopic (exact) mass is 250 g/mol. The summed E-state index contributed by atoms with van der Waals surface area (Å²) in [5.41, 5.74) is -0.679. The largest absolute Gasteiger partial charge is 0.311 e. The van der Waals surface area contributed by atoms with Gasteiger partial charge in [-0.3, -0.25) is 4.79 Å². The fraction of sp³-hybridized carbons (Fsp3) is 0.500. The van der Waals surface area contributed by atoms with Gasteiger partial charge in [0.2, 0.25) is 5.03 Å². The Morgan fingerprint density at radius 1 is 1.53 bits per heavy atom. The maximum Gasteiger partial charge on any atom is 0.289 e. The molecule has 5 nitrogen and oxygen atoms in total. The van der Waals surface area contributed by atoms with E-state index in [2.05, 4.69) is 4.98 Å². The summed E-state index contributed by atoms with van der Waals surface area (Å²) in [7, 11) is 1.00. The summed E-state index contributed by atoms with van der Waals surface area (Å²) in [5.74, 6) is 0.232. The molecule has 0 saturated carbocycles. The van der Waals surface area contributed by atoms with Gasteiger partial charge in [-0.15, -0.1) is 0 Å². The highest BCUT2D eigenvalue weighted by Gasteiger charge is 2.18. The molecule has 0 saturated heterocycles. The van der Waals surface area contributed by atoms with Gasteiger partial charge < -0.3 is 4.57 Å². The quantitative estimate of drug-likeness (QED) is 0.745. The molecule has 0 unspecified atom stereocenters. The average Bonchev–Trinajstić information content (AvgIpc) is 2.05. The van der Waals surface area contributed by atoms with Crippen molar-refractivity contribution in [3.05, 3.63) is 22.7 Å². The number of halogens is 1. The minimum absolute atomic E-state index is 0.232. The fourth-order valence-corrected chi connectivity index (χ4v) is 1.96. The summed E-state index contributed by atoms with van der Waals surface area (Å²) in [5, 5.41) is -0.618. The molecule has 1 rings (SSSR count). The van der Waals surface area contributed by atoms with Crippen LogP contribution in [0.4, 0.5) is 0 Å². The molecular formula is C8H11ClN2O3S. The lowest BCUT2D eigenvalue weighted by atomic mass is 10.2. The number of hydrogen-bond donors (Lipinski definition) is 0. The normalized spacial score (nSPS) is 12.0. The van der Waals surface area contributed by atoms with Crippen LogP contribution < -0.4 is 5.56 Å². The second-order valence-electron chi connectivity index (χ2n) is 3.52. The van der Waals surface area contributed by atoms with E-state index in [-0.39, 0.29) is 5.92 Å². The van der Waals surface area contributed by atoms with Crippen molar-refractivity contribution in [2.24, 2.45) is 5.92 Å². The first-order valence-electron chi connectivity index (χ1n) is 4.32. The van der Waals surface area contributed by atoms with E-state index in [0.29, 0.717) is 6.54 Å². The van der Waals surface area contributed by atoms with E-state index >= 15 is 0 Å². The molecule has 0 fully saturated rings. The van der Waals surface area contributed by atoms with Crippen molar-refractivity contribution in [2.75, 3.05) is 0 Å². The summed E-state index contributed by atoms with van der Waals surface area (Å²) < 4.78 is 23.2. The molecule has 7 heteroatoms. The van der Waals surface area contributed by atoms with Gasteiger partial charge in [0, 0.05) is 29.6 Å². The molecule has 0 N–H and O–H groups in total. The van der Waals surface area contributed by atoms with Crippen LogP contribution in [-0.4, -0.2) is 18.0 Å². The number of hydrogen-bond acceptors (Lipinski definition) is 4. The minimum Gasteiger partial charge on any atom is -0.311 e. The number of nitrogens with zero attached hydrogens (tertiary/aromatic N) is 2. The van der Waals surface area contributed by atoms with Crippen LogP contribution in [-0.2, 0) is 15.6 Å². The van der Waals surface area contributed by atoms with E-state index in [9.17, 15) is 13.2 Å². The molecule has 0 bridgehead atoms. The molecule has 1 aromatic heterocycles. The first-order chi connectivity index (χ1) is 6.82. The maximum absolute atomic E-state index is 11.6. The van der Waals surface area contributed by atoms with Gasteiger partial charge in [0.25, 0.3) is 14.6 Å². The lowest BCUT2D eigenvalue weighted by Gasteiger charge is -2.08. The topological polar surface area (TPSA) is 69.0 Å². The van der Waals surface area contributed by atoms with Crippen LogP contribution in [0.2, 0.25) is 0 Å². The van der Waals surface area contributed by atoms with Crippen molar-refractivity contribution in [3.8, 4) is 0 Å². The Balaban J connectivity index is 3.31. The van der Waals surface area contributed by atoms with Crippen LogP contribution in [0.5, 0.6) is 0 Å². The van der Waals surface area contributed by atoms with Gasteiger partial charge in [-0.05, 0) is 5.92 Å². The second-order valence-corrected chi connectivity index (χ2v) is 6.00. The predicted molar refractivity (Wildman–Crippen MR) is 56.4 cm³/mol. The van der Waals surface area contributed by atoms with E-state index in [4.69, 9.17) is 10.7 Å². The lowest BCUT2D eigenvalue weighted by molar-refractivity contribution is 0.500. The molecule has 0 aliphatic carbocycles. The van der Waals surface area contributed by atoms with Crippen molar-refractivity contribution in [1.29, 1.82) is 0 Å². The van der Waals surface area contributed by atoms with Crippen LogP contribution in [0.1, 0.15) is 13.8 Å². The summed E-state index contributed by atoms with van der Waals surface area (Å²) >= 11 is 0. The molecule has 15 heavy (non-hydrogen) atoms. The van der Waals surface area contributed by atoms with Crippen molar-refractivity contribution in [1.82, 2.24) is 9.55 Å². The Morgan fingerprint density at radius 3 is 2.60 bits per heavy atom. The van der Waals surface area contributed by atoms with Crippen LogP contribution in [0, 0.1) is 5.92 Å². The van der Waals surface area contributed by atoms with Crippen LogP contribution >= 0.6 is 10.7 Å². The Morgan fingerprint density at radius 2 is 2.13 bits per heavy atom. The van der Waals surface area contributed by atoms with Crippen molar-refractivity contribution in [3.63, 3.8) is 0 Å². The molecule has 0 atom stereocenters.